The summed E-state index contributed by atoms with van der Waals surface area (Å²) < 4.78 is 34.5. The number of carbonyl (C=O) groups is 3. The SMILES string of the molecule is CCOP(O)C(F)(F)c1ccc2sc(C(=O)N[C@H]3CN(CC)CC[C@H]4CC[C@@H](C(=O)O)N4C3=O)cc2c1. The van der Waals surface area contributed by atoms with Gasteiger partial charge in [-0.15, -0.1) is 11.3 Å². The minimum absolute atomic E-state index is 0.0520. The van der Waals surface area contributed by atoms with Crippen molar-refractivity contribution in [2.75, 3.05) is 26.2 Å². The number of nitrogens with zero attached hydrogens (tertiary/aromatic N) is 2. The summed E-state index contributed by atoms with van der Waals surface area (Å²) >= 11 is 1.10. The summed E-state index contributed by atoms with van der Waals surface area (Å²) in [6.07, 6.45) is 1.65. The monoisotopic (exact) mass is 557 g/mol. The summed E-state index contributed by atoms with van der Waals surface area (Å²) in [4.78, 5) is 51.9. The lowest BCUT2D eigenvalue weighted by atomic mass is 10.1. The molecule has 2 aromatic rings. The molecule has 1 unspecified atom stereocenters. The van der Waals surface area contributed by atoms with Gasteiger partial charge in [-0.25, -0.2) is 4.79 Å². The molecule has 37 heavy (non-hydrogen) atoms. The average Bonchev–Trinajstić information content (AvgIpc) is 3.48. The molecule has 0 saturated carbocycles. The van der Waals surface area contributed by atoms with Gasteiger partial charge in [0.05, 0.1) is 11.5 Å². The first-order valence-electron chi connectivity index (χ1n) is 12.2. The number of rotatable bonds is 8. The number of aliphatic carboxylic acids is 1. The van der Waals surface area contributed by atoms with Gasteiger partial charge in [0.15, 0.2) is 0 Å². The molecule has 4 atom stereocenters. The second-order valence-electron chi connectivity index (χ2n) is 9.13. The first-order valence-corrected chi connectivity index (χ1v) is 14.2. The van der Waals surface area contributed by atoms with Crippen LogP contribution >= 0.6 is 19.7 Å². The van der Waals surface area contributed by atoms with Gasteiger partial charge in [-0.1, -0.05) is 13.0 Å². The summed E-state index contributed by atoms with van der Waals surface area (Å²) in [5.41, 5.74) is -3.99. The van der Waals surface area contributed by atoms with Crippen LogP contribution in [0.4, 0.5) is 8.78 Å². The number of amides is 2. The van der Waals surface area contributed by atoms with Crippen LogP contribution in [0.15, 0.2) is 24.3 Å². The van der Waals surface area contributed by atoms with Gasteiger partial charge in [-0.2, -0.15) is 8.78 Å². The van der Waals surface area contributed by atoms with Crippen LogP contribution in [-0.2, 0) is 19.8 Å². The molecule has 2 saturated heterocycles. The maximum Gasteiger partial charge on any atom is 0.339 e. The van der Waals surface area contributed by atoms with Crippen molar-refractivity contribution >= 4 is 47.6 Å². The van der Waals surface area contributed by atoms with Crippen molar-refractivity contribution in [2.45, 2.75) is 56.9 Å². The smallest absolute Gasteiger partial charge is 0.339 e. The molecule has 1 aromatic carbocycles. The van der Waals surface area contributed by atoms with Crippen LogP contribution in [0, 0.1) is 0 Å². The Morgan fingerprint density at radius 3 is 2.68 bits per heavy atom. The van der Waals surface area contributed by atoms with Gasteiger partial charge in [0, 0.05) is 29.4 Å². The predicted octanol–water partition coefficient (Wildman–Crippen LogP) is 3.56. The molecule has 2 fully saturated rings. The highest BCUT2D eigenvalue weighted by atomic mass is 32.1. The van der Waals surface area contributed by atoms with Crippen LogP contribution in [-0.4, -0.2) is 82.0 Å². The Balaban J connectivity index is 1.57. The minimum Gasteiger partial charge on any atom is -0.480 e. The van der Waals surface area contributed by atoms with Crippen molar-refractivity contribution in [3.05, 3.63) is 34.7 Å². The van der Waals surface area contributed by atoms with E-state index >= 15 is 0 Å². The molecule has 3 N–H and O–H groups in total. The summed E-state index contributed by atoms with van der Waals surface area (Å²) in [5, 5.41) is 12.8. The van der Waals surface area contributed by atoms with Crippen LogP contribution in [0.5, 0.6) is 0 Å². The third-order valence-electron chi connectivity index (χ3n) is 6.89. The van der Waals surface area contributed by atoms with Gasteiger partial charge in [-0.05, 0) is 56.3 Å². The Labute approximate surface area is 218 Å². The van der Waals surface area contributed by atoms with E-state index in [4.69, 9.17) is 4.52 Å². The van der Waals surface area contributed by atoms with E-state index in [1.807, 2.05) is 6.92 Å². The quantitative estimate of drug-likeness (QED) is 0.425. The van der Waals surface area contributed by atoms with Crippen molar-refractivity contribution in [1.82, 2.24) is 15.1 Å². The Bertz CT molecular complexity index is 1180. The lowest BCUT2D eigenvalue weighted by molar-refractivity contribution is -0.151. The molecular weight excluding hydrogens is 527 g/mol. The topological polar surface area (TPSA) is 119 Å². The van der Waals surface area contributed by atoms with Crippen molar-refractivity contribution < 1.29 is 37.7 Å². The zero-order valence-electron chi connectivity index (χ0n) is 20.5. The number of carboxylic acids is 1. The molecule has 4 rings (SSSR count). The van der Waals surface area contributed by atoms with Gasteiger partial charge >= 0.3 is 11.6 Å². The normalized spacial score (nSPS) is 24.0. The first-order chi connectivity index (χ1) is 17.6. The number of benzene rings is 1. The fourth-order valence-electron chi connectivity index (χ4n) is 4.96. The molecule has 13 heteroatoms. The van der Waals surface area contributed by atoms with Gasteiger partial charge in [0.2, 0.25) is 14.3 Å². The molecular formula is C24H30F2N3O6PS. The highest BCUT2D eigenvalue weighted by Gasteiger charge is 2.45. The van der Waals surface area contributed by atoms with Crippen molar-refractivity contribution in [1.29, 1.82) is 0 Å². The number of fused-ring (bicyclic) bond motifs is 2. The minimum atomic E-state index is -3.58. The van der Waals surface area contributed by atoms with E-state index in [0.717, 1.165) is 11.3 Å². The molecule has 0 aliphatic carbocycles. The zero-order chi connectivity index (χ0) is 26.9. The maximum atomic E-state index is 14.6. The fourth-order valence-corrected chi connectivity index (χ4v) is 6.67. The van der Waals surface area contributed by atoms with Gasteiger partial charge in [0.1, 0.15) is 12.1 Å². The summed E-state index contributed by atoms with van der Waals surface area (Å²) in [7, 11) is -3.00. The number of hydrogen-bond donors (Lipinski definition) is 3. The third-order valence-corrected chi connectivity index (χ3v) is 9.25. The second-order valence-corrected chi connectivity index (χ2v) is 11.6. The second kappa shape index (κ2) is 11.2. The molecule has 0 radical (unpaired) electrons. The van der Waals surface area contributed by atoms with Crippen LogP contribution in [0.1, 0.15) is 48.3 Å². The zero-order valence-corrected chi connectivity index (χ0v) is 22.2. The van der Waals surface area contributed by atoms with Gasteiger partial charge in [-0.3, -0.25) is 9.59 Å². The summed E-state index contributed by atoms with van der Waals surface area (Å²) in [6, 6.07) is 3.30. The number of carbonyl (C=O) groups excluding carboxylic acids is 2. The first kappa shape index (κ1) is 27.8. The van der Waals surface area contributed by atoms with Crippen LogP contribution < -0.4 is 5.32 Å². The Morgan fingerprint density at radius 2 is 2.00 bits per heavy atom. The molecule has 9 nitrogen and oxygen atoms in total. The van der Waals surface area contributed by atoms with E-state index in [1.54, 1.807) is 0 Å². The van der Waals surface area contributed by atoms with E-state index in [9.17, 15) is 33.2 Å². The van der Waals surface area contributed by atoms with Gasteiger partial charge < -0.3 is 29.6 Å². The van der Waals surface area contributed by atoms with Crippen LogP contribution in [0.2, 0.25) is 0 Å². The average molecular weight is 558 g/mol. The van der Waals surface area contributed by atoms with E-state index in [0.29, 0.717) is 42.4 Å². The van der Waals surface area contributed by atoms with Crippen molar-refractivity contribution in [2.24, 2.45) is 0 Å². The number of likely N-dealkylation sites (N-methyl/N-ethyl adjacent to an activating group) is 1. The highest BCUT2D eigenvalue weighted by molar-refractivity contribution is 7.47. The standard InChI is InChI=1S/C24H30F2N3O6PS/c1-3-28-10-9-16-6-7-18(23(32)33)29(16)22(31)17(13-28)27-21(30)20-12-14-11-15(5-8-19(14)37-20)24(25,26)36(34)35-4-2/h5,8,11-12,16-18,34H,3-4,6-7,9-10,13H2,1-2H3,(H,27,30)(H,32,33)/t16-,17+,18+,36?/m1/s1. The number of thiophene rings is 1. The van der Waals surface area contributed by atoms with Crippen molar-refractivity contribution in [3.8, 4) is 0 Å². The number of carboxylic acid groups (broad SMARTS) is 1. The number of halogens is 2. The van der Waals surface area contributed by atoms with Crippen LogP contribution in [0.3, 0.4) is 0 Å². The summed E-state index contributed by atoms with van der Waals surface area (Å²) in [5.74, 6) is -2.01. The molecule has 0 spiro atoms. The molecule has 2 aliphatic rings. The lowest BCUT2D eigenvalue weighted by Crippen LogP contribution is -2.59. The Morgan fingerprint density at radius 1 is 1.24 bits per heavy atom. The van der Waals surface area contributed by atoms with E-state index in [2.05, 4.69) is 10.2 Å². The Kier molecular flexibility index (Phi) is 8.45. The molecule has 0 bridgehead atoms. The Hall–Kier alpha value is -2.24. The molecule has 2 amide bonds. The lowest BCUT2D eigenvalue weighted by Gasteiger charge is -2.37. The predicted molar refractivity (Wildman–Crippen MR) is 136 cm³/mol. The van der Waals surface area contributed by atoms with Crippen LogP contribution in [0.25, 0.3) is 10.1 Å². The summed E-state index contributed by atoms with van der Waals surface area (Å²) in [6.45, 7) is 5.02. The van der Waals surface area contributed by atoms with E-state index in [-0.39, 0.29) is 24.1 Å². The van der Waals surface area contributed by atoms with Crippen molar-refractivity contribution in [3.63, 3.8) is 0 Å². The number of nitrogens with one attached hydrogen (secondary N) is 1. The maximum absolute atomic E-state index is 14.6. The van der Waals surface area contributed by atoms with E-state index in [1.165, 1.54) is 36.1 Å². The number of hydrogen-bond acceptors (Lipinski definition) is 7. The highest BCUT2D eigenvalue weighted by Crippen LogP contribution is 2.56. The molecule has 202 valence electrons. The fraction of sp³-hybridized carbons (Fsp3) is 0.542. The van der Waals surface area contributed by atoms with E-state index < -0.39 is 49.5 Å². The van der Waals surface area contributed by atoms with Gasteiger partial charge in [0.25, 0.3) is 5.91 Å². The largest absolute Gasteiger partial charge is 0.480 e. The molecule has 3 heterocycles. The third kappa shape index (κ3) is 5.63. The number of alkyl halides is 2. The molecule has 2 aliphatic heterocycles. The molecule has 1 aromatic heterocycles.